The van der Waals surface area contributed by atoms with Crippen molar-refractivity contribution in [1.29, 1.82) is 0 Å². The predicted molar refractivity (Wildman–Crippen MR) is 159 cm³/mol. The van der Waals surface area contributed by atoms with Gasteiger partial charge in [0.05, 0.1) is 17.4 Å². The lowest BCUT2D eigenvalue weighted by molar-refractivity contribution is 0.101. The van der Waals surface area contributed by atoms with E-state index in [1.807, 2.05) is 12.3 Å². The quantitative estimate of drug-likeness (QED) is 0.337. The van der Waals surface area contributed by atoms with Crippen LogP contribution in [0.4, 0.5) is 17.5 Å². The number of carbonyl (C=O) groups excluding carboxylic acids is 1. The van der Waals surface area contributed by atoms with E-state index in [0.717, 1.165) is 49.8 Å². The summed E-state index contributed by atoms with van der Waals surface area (Å²) in [5.74, 6) is 0.774. The van der Waals surface area contributed by atoms with Crippen LogP contribution in [-0.2, 0) is 0 Å². The van der Waals surface area contributed by atoms with Crippen LogP contribution in [0.25, 0.3) is 11.0 Å². The van der Waals surface area contributed by atoms with E-state index < -0.39 is 0 Å². The van der Waals surface area contributed by atoms with Gasteiger partial charge in [-0.25, -0.2) is 9.97 Å². The van der Waals surface area contributed by atoms with Gasteiger partial charge in [-0.1, -0.05) is 12.8 Å². The Labute approximate surface area is 220 Å². The third kappa shape index (κ3) is 4.58. The number of fused-ring (bicyclic) bond motifs is 1. The zero-order valence-corrected chi connectivity index (χ0v) is 22.7. The van der Waals surface area contributed by atoms with Gasteiger partial charge in [0.2, 0.25) is 5.95 Å². The van der Waals surface area contributed by atoms with Crippen molar-refractivity contribution < 1.29 is 4.79 Å². The molecule has 188 valence electrons. The average molecular weight is 495 g/mol. The van der Waals surface area contributed by atoms with Crippen LogP contribution in [0.3, 0.4) is 0 Å². The average Bonchev–Trinajstić information content (AvgIpc) is 3.33. The van der Waals surface area contributed by atoms with Crippen molar-refractivity contribution in [2.45, 2.75) is 56.2 Å². The monoisotopic (exact) mass is 495 g/mol. The first kappa shape index (κ1) is 25.6. The van der Waals surface area contributed by atoms with Crippen LogP contribution in [-0.4, -0.2) is 80.5 Å². The molecule has 37 heavy (non-hydrogen) atoms. The minimum atomic E-state index is -0.252. The van der Waals surface area contributed by atoms with E-state index in [4.69, 9.17) is 4.98 Å². The molecule has 4 heterocycles. The van der Waals surface area contributed by atoms with Crippen molar-refractivity contribution in [3.05, 3.63) is 46.0 Å². The molecular formula is C24H33B4N7O2. The third-order valence-electron chi connectivity index (χ3n) is 7.82. The number of aryl methyl sites for hydroxylation is 1. The molecule has 5 rings (SSSR count). The van der Waals surface area contributed by atoms with E-state index in [0.29, 0.717) is 23.0 Å². The smallest absolute Gasteiger partial charge is 0.263 e. The highest BCUT2D eigenvalue weighted by atomic mass is 16.1. The lowest BCUT2D eigenvalue weighted by Crippen LogP contribution is -2.74. The first-order valence-corrected chi connectivity index (χ1v) is 13.2. The Kier molecular flexibility index (Phi) is 6.46. The van der Waals surface area contributed by atoms with Crippen molar-refractivity contribution in [2.24, 2.45) is 0 Å². The van der Waals surface area contributed by atoms with Gasteiger partial charge >= 0.3 is 0 Å². The Balaban J connectivity index is 1.51. The second kappa shape index (κ2) is 9.35. The molecule has 0 unspecified atom stereocenters. The van der Waals surface area contributed by atoms with Crippen molar-refractivity contribution >= 4 is 65.7 Å². The van der Waals surface area contributed by atoms with Gasteiger partial charge in [-0.2, -0.15) is 4.98 Å². The summed E-state index contributed by atoms with van der Waals surface area (Å²) in [6, 6.07) is 4.05. The van der Waals surface area contributed by atoms with Gasteiger partial charge in [-0.05, 0) is 55.1 Å². The van der Waals surface area contributed by atoms with E-state index in [2.05, 4.69) is 63.0 Å². The highest BCUT2D eigenvalue weighted by Crippen LogP contribution is 2.32. The summed E-state index contributed by atoms with van der Waals surface area (Å²) < 4.78 is 1.73. The molecule has 2 fully saturated rings. The van der Waals surface area contributed by atoms with Gasteiger partial charge in [0.25, 0.3) is 5.56 Å². The number of anilines is 3. The summed E-state index contributed by atoms with van der Waals surface area (Å²) in [5.41, 5.74) is 2.25. The topological polar surface area (TPSA) is 105 Å². The Morgan fingerprint density at radius 3 is 2.35 bits per heavy atom. The molecule has 0 atom stereocenters. The van der Waals surface area contributed by atoms with Gasteiger partial charge < -0.3 is 15.5 Å². The number of piperazine rings is 1. The van der Waals surface area contributed by atoms with Gasteiger partial charge in [0.1, 0.15) is 42.9 Å². The fourth-order valence-electron chi connectivity index (χ4n) is 6.37. The number of carbonyl (C=O) groups is 1. The number of Topliss-reactive ketones (excluding diaryl/α,β-unsaturated/α-hetero) is 1. The van der Waals surface area contributed by atoms with Crippen molar-refractivity contribution in [1.82, 2.24) is 24.8 Å². The minimum absolute atomic E-state index is 0.0413. The van der Waals surface area contributed by atoms with Crippen molar-refractivity contribution in [3.8, 4) is 0 Å². The standard InChI is InChI=1S/C24H33B4N7O2/c1-13-17-10-31-22(33-20(17)34(15-5-3-4-6-15)21(37)19(13)14(2)36)32-18-8-7-16(9-30-18)35-23(25,26)11-29-12-24(35,27)28/h7-10,15,29H,3-6,11-12,25-28H2,1-2H3,(H,30,31,32,33). The lowest BCUT2D eigenvalue weighted by atomic mass is 9.50. The molecule has 3 aromatic heterocycles. The summed E-state index contributed by atoms with van der Waals surface area (Å²) in [6.45, 7) is 5.04. The summed E-state index contributed by atoms with van der Waals surface area (Å²) in [7, 11) is 8.94. The van der Waals surface area contributed by atoms with E-state index in [1.54, 1.807) is 17.7 Å². The summed E-state index contributed by atoms with van der Waals surface area (Å²) in [6.07, 6.45) is 7.53. The number of pyridine rings is 2. The normalized spacial score (nSPS) is 19.2. The SMILES string of the molecule is BC1(B)CNCC(B)(B)N1c1ccc(Nc2ncc3c(C)c(C(C)=O)c(=O)n(C4CCCC4)c3n2)nc1. The molecule has 1 aliphatic carbocycles. The number of aromatic nitrogens is 4. The molecule has 0 spiro atoms. The van der Waals surface area contributed by atoms with Crippen LogP contribution in [0.2, 0.25) is 0 Å². The highest BCUT2D eigenvalue weighted by molar-refractivity contribution is 6.48. The van der Waals surface area contributed by atoms with Gasteiger partial charge in [-0.15, -0.1) is 0 Å². The Morgan fingerprint density at radius 2 is 1.76 bits per heavy atom. The highest BCUT2D eigenvalue weighted by Gasteiger charge is 2.40. The van der Waals surface area contributed by atoms with Crippen molar-refractivity contribution in [3.63, 3.8) is 0 Å². The van der Waals surface area contributed by atoms with Crippen molar-refractivity contribution in [2.75, 3.05) is 23.3 Å². The molecule has 9 nitrogen and oxygen atoms in total. The Hall–Kier alpha value is -3.07. The second-order valence-corrected chi connectivity index (χ2v) is 11.7. The molecule has 2 aliphatic rings. The zero-order valence-electron chi connectivity index (χ0n) is 22.7. The van der Waals surface area contributed by atoms with Gasteiger partial charge in [0, 0.05) is 30.7 Å². The van der Waals surface area contributed by atoms with Crippen LogP contribution in [0, 0.1) is 6.92 Å². The first-order valence-electron chi connectivity index (χ1n) is 13.2. The van der Waals surface area contributed by atoms with E-state index in [9.17, 15) is 9.59 Å². The van der Waals surface area contributed by atoms with Crippen LogP contribution < -0.4 is 21.1 Å². The summed E-state index contributed by atoms with van der Waals surface area (Å²) in [5, 5.41) is 7.37. The molecule has 0 amide bonds. The van der Waals surface area contributed by atoms with E-state index in [1.165, 1.54) is 6.92 Å². The second-order valence-electron chi connectivity index (χ2n) is 11.7. The molecule has 1 saturated heterocycles. The fourth-order valence-corrected chi connectivity index (χ4v) is 6.37. The molecule has 1 saturated carbocycles. The van der Waals surface area contributed by atoms with Crippen LogP contribution in [0.1, 0.15) is 54.6 Å². The molecule has 2 N–H and O–H groups in total. The number of rotatable bonds is 5. The Bertz CT molecular complexity index is 1400. The molecule has 0 radical (unpaired) electrons. The van der Waals surface area contributed by atoms with Gasteiger partial charge in [0.15, 0.2) is 5.78 Å². The number of hydrogen-bond acceptors (Lipinski definition) is 8. The third-order valence-corrected chi connectivity index (χ3v) is 7.82. The van der Waals surface area contributed by atoms with Crippen LogP contribution >= 0.6 is 0 Å². The summed E-state index contributed by atoms with van der Waals surface area (Å²) in [4.78, 5) is 42.2. The van der Waals surface area contributed by atoms with Gasteiger partial charge in [-0.3, -0.25) is 14.2 Å². The molecule has 3 aromatic rings. The maximum Gasteiger partial charge on any atom is 0.263 e. The molecule has 1 aliphatic heterocycles. The lowest BCUT2D eigenvalue weighted by Gasteiger charge is -2.55. The predicted octanol–water partition coefficient (Wildman–Crippen LogP) is -1.19. The molecule has 13 heteroatoms. The molecule has 0 bridgehead atoms. The maximum absolute atomic E-state index is 13.4. The molecular weight excluding hydrogens is 462 g/mol. The van der Waals surface area contributed by atoms with E-state index >= 15 is 0 Å². The van der Waals surface area contributed by atoms with E-state index in [-0.39, 0.29) is 33.6 Å². The largest absolute Gasteiger partial charge is 0.388 e. The maximum atomic E-state index is 13.4. The number of nitrogens with one attached hydrogen (secondary N) is 2. The Morgan fingerprint density at radius 1 is 1.08 bits per heavy atom. The fraction of sp³-hybridized carbons (Fsp3) is 0.458. The number of ketones is 1. The minimum Gasteiger partial charge on any atom is -0.388 e. The number of hydrogen-bond donors (Lipinski definition) is 2. The molecule has 0 aromatic carbocycles. The van der Waals surface area contributed by atoms with Crippen LogP contribution in [0.5, 0.6) is 0 Å². The first-order chi connectivity index (χ1) is 17.5. The summed E-state index contributed by atoms with van der Waals surface area (Å²) >= 11 is 0. The zero-order chi connectivity index (χ0) is 26.5. The number of nitrogens with zero attached hydrogens (tertiary/aromatic N) is 5. The van der Waals surface area contributed by atoms with Crippen LogP contribution in [0.15, 0.2) is 29.3 Å².